The molecule has 1 aromatic heterocycles. The molecule has 1 aromatic carbocycles. The number of carbonyl (C=O) groups excluding carboxylic acids is 2. The summed E-state index contributed by atoms with van der Waals surface area (Å²) in [4.78, 5) is 32.1. The fraction of sp³-hybridized carbons (Fsp3) is 0.438. The smallest absolute Gasteiger partial charge is 0.237 e. The molecule has 7 heteroatoms. The molecule has 0 spiro atoms. The molecule has 1 N–H and O–H groups in total. The first-order chi connectivity index (χ1) is 11.0. The third-order valence-electron chi connectivity index (χ3n) is 4.12. The van der Waals surface area contributed by atoms with Gasteiger partial charge in [0, 0.05) is 20.1 Å². The van der Waals surface area contributed by atoms with Crippen molar-refractivity contribution in [2.24, 2.45) is 0 Å². The number of fused-ring (bicyclic) bond motifs is 1. The SMILES string of the molecule is C[C@@H](c1nc2ccccc2s1)N(C)C(=O)CN1CCNC(=O)C1. The van der Waals surface area contributed by atoms with Gasteiger partial charge >= 0.3 is 0 Å². The Bertz CT molecular complexity index is 697. The molecule has 0 saturated carbocycles. The molecule has 3 rings (SSSR count). The van der Waals surface area contributed by atoms with Gasteiger partial charge in [-0.25, -0.2) is 4.98 Å². The molecular formula is C16H20N4O2S. The van der Waals surface area contributed by atoms with Crippen LogP contribution in [0.15, 0.2) is 24.3 Å². The maximum absolute atomic E-state index is 12.5. The molecule has 1 aliphatic heterocycles. The Morgan fingerprint density at radius 2 is 2.26 bits per heavy atom. The van der Waals surface area contributed by atoms with Crippen LogP contribution in [0.25, 0.3) is 10.2 Å². The molecule has 1 fully saturated rings. The molecule has 1 aliphatic rings. The number of benzene rings is 1. The number of aromatic nitrogens is 1. The number of piperazine rings is 1. The summed E-state index contributed by atoms with van der Waals surface area (Å²) in [7, 11) is 1.79. The molecule has 0 radical (unpaired) electrons. The van der Waals surface area contributed by atoms with Crippen LogP contribution in [0.3, 0.4) is 0 Å². The molecule has 0 unspecified atom stereocenters. The Hall–Kier alpha value is -1.99. The van der Waals surface area contributed by atoms with Gasteiger partial charge in [-0.1, -0.05) is 12.1 Å². The van der Waals surface area contributed by atoms with E-state index in [9.17, 15) is 9.59 Å². The van der Waals surface area contributed by atoms with E-state index in [1.54, 1.807) is 23.3 Å². The summed E-state index contributed by atoms with van der Waals surface area (Å²) in [6.45, 7) is 3.84. The molecule has 2 amide bonds. The van der Waals surface area contributed by atoms with E-state index in [0.29, 0.717) is 13.1 Å². The first kappa shape index (κ1) is 15.9. The predicted octanol–water partition coefficient (Wildman–Crippen LogP) is 1.25. The molecule has 1 atom stereocenters. The summed E-state index contributed by atoms with van der Waals surface area (Å²) in [5.41, 5.74) is 0.966. The van der Waals surface area contributed by atoms with Gasteiger partial charge in [-0.3, -0.25) is 14.5 Å². The minimum absolute atomic E-state index is 0.00598. The molecule has 1 saturated heterocycles. The quantitative estimate of drug-likeness (QED) is 0.915. The molecule has 122 valence electrons. The number of amides is 2. The third-order valence-corrected chi connectivity index (χ3v) is 5.33. The van der Waals surface area contributed by atoms with Gasteiger partial charge in [0.1, 0.15) is 5.01 Å². The van der Waals surface area contributed by atoms with Crippen LogP contribution in [-0.2, 0) is 9.59 Å². The number of hydrogen-bond acceptors (Lipinski definition) is 5. The van der Waals surface area contributed by atoms with Gasteiger partial charge in [-0.15, -0.1) is 11.3 Å². The number of nitrogens with one attached hydrogen (secondary N) is 1. The van der Waals surface area contributed by atoms with E-state index in [2.05, 4.69) is 10.3 Å². The van der Waals surface area contributed by atoms with Crippen molar-refractivity contribution in [3.05, 3.63) is 29.3 Å². The molecule has 0 bridgehead atoms. The molecule has 0 aliphatic carbocycles. The van der Waals surface area contributed by atoms with Crippen LogP contribution in [0.4, 0.5) is 0 Å². The lowest BCUT2D eigenvalue weighted by Crippen LogP contribution is -2.50. The van der Waals surface area contributed by atoms with E-state index >= 15 is 0 Å². The van der Waals surface area contributed by atoms with Crippen molar-refractivity contribution in [3.63, 3.8) is 0 Å². The number of nitrogens with zero attached hydrogens (tertiary/aromatic N) is 3. The number of likely N-dealkylation sites (N-methyl/N-ethyl adjacent to an activating group) is 1. The van der Waals surface area contributed by atoms with Crippen LogP contribution in [0.1, 0.15) is 18.0 Å². The predicted molar refractivity (Wildman–Crippen MR) is 90.3 cm³/mol. The Morgan fingerprint density at radius 3 is 3.00 bits per heavy atom. The standard InChI is InChI=1S/C16H20N4O2S/c1-11(16-18-12-5-3-4-6-13(12)23-16)19(2)15(22)10-20-8-7-17-14(21)9-20/h3-6,11H,7-10H2,1-2H3,(H,17,21)/t11-/m0/s1. The highest BCUT2D eigenvalue weighted by molar-refractivity contribution is 7.18. The van der Waals surface area contributed by atoms with Gasteiger partial charge in [0.25, 0.3) is 0 Å². The second-order valence-electron chi connectivity index (χ2n) is 5.76. The fourth-order valence-electron chi connectivity index (χ4n) is 2.58. The van der Waals surface area contributed by atoms with Crippen molar-refractivity contribution >= 4 is 33.4 Å². The van der Waals surface area contributed by atoms with E-state index in [1.165, 1.54) is 0 Å². The highest BCUT2D eigenvalue weighted by Crippen LogP contribution is 2.28. The molecule has 2 aromatic rings. The second-order valence-corrected chi connectivity index (χ2v) is 6.82. The number of carbonyl (C=O) groups is 2. The largest absolute Gasteiger partial charge is 0.354 e. The van der Waals surface area contributed by atoms with Crippen LogP contribution >= 0.6 is 11.3 Å². The Balaban J connectivity index is 1.67. The monoisotopic (exact) mass is 332 g/mol. The maximum Gasteiger partial charge on any atom is 0.237 e. The zero-order valence-electron chi connectivity index (χ0n) is 13.3. The average molecular weight is 332 g/mol. The van der Waals surface area contributed by atoms with Crippen LogP contribution in [0.2, 0.25) is 0 Å². The lowest BCUT2D eigenvalue weighted by molar-refractivity contribution is -0.134. The molecule has 23 heavy (non-hydrogen) atoms. The van der Waals surface area contributed by atoms with Crippen molar-refractivity contribution < 1.29 is 9.59 Å². The van der Waals surface area contributed by atoms with E-state index < -0.39 is 0 Å². The van der Waals surface area contributed by atoms with Crippen LogP contribution in [-0.4, -0.2) is 59.8 Å². The van der Waals surface area contributed by atoms with Crippen molar-refractivity contribution in [3.8, 4) is 0 Å². The first-order valence-electron chi connectivity index (χ1n) is 7.65. The zero-order valence-corrected chi connectivity index (χ0v) is 14.1. The maximum atomic E-state index is 12.5. The zero-order chi connectivity index (χ0) is 16.4. The van der Waals surface area contributed by atoms with Crippen molar-refractivity contribution in [1.82, 2.24) is 20.1 Å². The van der Waals surface area contributed by atoms with Crippen molar-refractivity contribution in [1.29, 1.82) is 0 Å². The van der Waals surface area contributed by atoms with Gasteiger partial charge < -0.3 is 10.2 Å². The van der Waals surface area contributed by atoms with Crippen LogP contribution in [0, 0.1) is 0 Å². The third kappa shape index (κ3) is 3.51. The van der Waals surface area contributed by atoms with E-state index in [0.717, 1.165) is 15.2 Å². The summed E-state index contributed by atoms with van der Waals surface area (Å²) in [5, 5.41) is 3.69. The number of rotatable bonds is 4. The minimum Gasteiger partial charge on any atom is -0.354 e. The summed E-state index contributed by atoms with van der Waals surface area (Å²) in [5.74, 6) is -0.0163. The van der Waals surface area contributed by atoms with E-state index in [1.807, 2.05) is 36.1 Å². The average Bonchev–Trinajstić information content (AvgIpc) is 2.97. The van der Waals surface area contributed by atoms with E-state index in [4.69, 9.17) is 0 Å². The highest BCUT2D eigenvalue weighted by atomic mass is 32.1. The van der Waals surface area contributed by atoms with Crippen molar-refractivity contribution in [2.45, 2.75) is 13.0 Å². The normalized spacial score (nSPS) is 17.0. The van der Waals surface area contributed by atoms with Gasteiger partial charge in [0.15, 0.2) is 0 Å². The van der Waals surface area contributed by atoms with E-state index in [-0.39, 0.29) is 30.9 Å². The molecule has 6 nitrogen and oxygen atoms in total. The minimum atomic E-state index is -0.0847. The number of thiazole rings is 1. The van der Waals surface area contributed by atoms with Gasteiger partial charge in [-0.05, 0) is 19.1 Å². The topological polar surface area (TPSA) is 65.5 Å². The van der Waals surface area contributed by atoms with Gasteiger partial charge in [0.05, 0.1) is 29.3 Å². The Kier molecular flexibility index (Phi) is 4.58. The number of para-hydroxylation sites is 1. The highest BCUT2D eigenvalue weighted by Gasteiger charge is 2.24. The second kappa shape index (κ2) is 6.64. The Labute approximate surface area is 139 Å². The lowest BCUT2D eigenvalue weighted by atomic mass is 10.3. The Morgan fingerprint density at radius 1 is 1.48 bits per heavy atom. The summed E-state index contributed by atoms with van der Waals surface area (Å²) in [6, 6.07) is 7.89. The number of hydrogen-bond donors (Lipinski definition) is 1. The van der Waals surface area contributed by atoms with Gasteiger partial charge in [0.2, 0.25) is 11.8 Å². The van der Waals surface area contributed by atoms with Crippen molar-refractivity contribution in [2.75, 3.05) is 33.2 Å². The first-order valence-corrected chi connectivity index (χ1v) is 8.46. The molecular weight excluding hydrogens is 312 g/mol. The van der Waals surface area contributed by atoms with Crippen LogP contribution < -0.4 is 5.32 Å². The summed E-state index contributed by atoms with van der Waals surface area (Å²) in [6.07, 6.45) is 0. The van der Waals surface area contributed by atoms with Gasteiger partial charge in [-0.2, -0.15) is 0 Å². The summed E-state index contributed by atoms with van der Waals surface area (Å²) < 4.78 is 1.13. The summed E-state index contributed by atoms with van der Waals surface area (Å²) >= 11 is 1.61. The lowest BCUT2D eigenvalue weighted by Gasteiger charge is -2.29. The fourth-order valence-corrected chi connectivity index (χ4v) is 3.64. The van der Waals surface area contributed by atoms with Crippen LogP contribution in [0.5, 0.6) is 0 Å². The molecule has 2 heterocycles.